The second-order valence-corrected chi connectivity index (χ2v) is 8.91. The van der Waals surface area contributed by atoms with Crippen molar-refractivity contribution >= 4 is 27.8 Å². The molecular weight excluding hydrogens is 505 g/mol. The van der Waals surface area contributed by atoms with Crippen LogP contribution in [-0.2, 0) is 4.79 Å². The van der Waals surface area contributed by atoms with E-state index in [2.05, 4.69) is 15.5 Å². The Morgan fingerprint density at radius 3 is 2.34 bits per heavy atom. The molecule has 0 unspecified atom stereocenters. The second-order valence-electron chi connectivity index (χ2n) is 8.91. The van der Waals surface area contributed by atoms with Gasteiger partial charge in [0.1, 0.15) is 5.75 Å². The molecule has 1 aliphatic heterocycles. The number of hydrogen-bond donors (Lipinski definition) is 4. The molecule has 2 aromatic heterocycles. The highest BCUT2D eigenvalue weighted by atomic mass is 19.4. The number of H-pyrrole nitrogens is 1. The first-order valence-electron chi connectivity index (χ1n) is 11.9. The monoisotopic (exact) mass is 532 g/mol. The topological polar surface area (TPSA) is 130 Å². The Morgan fingerprint density at radius 2 is 1.74 bits per heavy atom. The van der Waals surface area contributed by atoms with Crippen LogP contribution in [0.1, 0.15) is 18.5 Å². The predicted octanol–water partition coefficient (Wildman–Crippen LogP) is 4.81. The van der Waals surface area contributed by atoms with E-state index in [0.717, 1.165) is 64.8 Å². The first kappa shape index (κ1) is 27.0. The number of rotatable bonds is 5. The van der Waals surface area contributed by atoms with Gasteiger partial charge in [-0.2, -0.15) is 18.3 Å². The number of alkyl halides is 3. The van der Waals surface area contributed by atoms with Gasteiger partial charge >= 0.3 is 12.1 Å². The van der Waals surface area contributed by atoms with E-state index in [4.69, 9.17) is 24.4 Å². The molecule has 1 aliphatic rings. The summed E-state index contributed by atoms with van der Waals surface area (Å²) in [6, 6.07) is 11.1. The Morgan fingerprint density at radius 1 is 1.11 bits per heavy atom. The fourth-order valence-corrected chi connectivity index (χ4v) is 4.32. The molecule has 3 heterocycles. The van der Waals surface area contributed by atoms with Gasteiger partial charge in [0.25, 0.3) is 0 Å². The maximum absolute atomic E-state index is 10.6. The molecule has 5 rings (SSSR count). The summed E-state index contributed by atoms with van der Waals surface area (Å²) in [5, 5.41) is 30.6. The number of methoxy groups -OCH3 is 1. The van der Waals surface area contributed by atoms with Gasteiger partial charge in [0, 0.05) is 27.4 Å². The number of halogens is 3. The van der Waals surface area contributed by atoms with Crippen LogP contribution in [0.3, 0.4) is 0 Å². The quantitative estimate of drug-likeness (QED) is 0.288. The Labute approximate surface area is 215 Å². The van der Waals surface area contributed by atoms with Crippen LogP contribution in [0.15, 0.2) is 36.4 Å². The molecule has 4 N–H and O–H groups in total. The van der Waals surface area contributed by atoms with Crippen molar-refractivity contribution in [1.29, 1.82) is 0 Å². The van der Waals surface area contributed by atoms with Crippen LogP contribution in [0, 0.1) is 12.8 Å². The van der Waals surface area contributed by atoms with Gasteiger partial charge in [-0.15, -0.1) is 0 Å². The summed E-state index contributed by atoms with van der Waals surface area (Å²) in [5.41, 5.74) is 3.30. The number of aromatic hydroxyl groups is 1. The minimum atomic E-state index is -5.08. The van der Waals surface area contributed by atoms with Crippen LogP contribution < -0.4 is 14.8 Å². The number of carboxylic acid groups (broad SMARTS) is 1. The number of nitrogens with one attached hydrogen (secondary N) is 2. The van der Waals surface area contributed by atoms with Crippen molar-refractivity contribution in [1.82, 2.24) is 20.5 Å². The van der Waals surface area contributed by atoms with Crippen molar-refractivity contribution in [2.45, 2.75) is 25.9 Å². The lowest BCUT2D eigenvalue weighted by atomic mass is 9.99. The van der Waals surface area contributed by atoms with Crippen molar-refractivity contribution in [2.75, 3.05) is 26.8 Å². The third-order valence-corrected chi connectivity index (χ3v) is 6.29. The van der Waals surface area contributed by atoms with Crippen molar-refractivity contribution in [3.8, 4) is 28.5 Å². The van der Waals surface area contributed by atoms with E-state index >= 15 is 0 Å². The zero-order valence-corrected chi connectivity index (χ0v) is 20.7. The van der Waals surface area contributed by atoms with E-state index in [9.17, 15) is 18.3 Å². The summed E-state index contributed by atoms with van der Waals surface area (Å²) in [4.78, 5) is 13.7. The fourth-order valence-electron chi connectivity index (χ4n) is 4.32. The molecule has 9 nitrogen and oxygen atoms in total. The lowest BCUT2D eigenvalue weighted by Gasteiger charge is -2.23. The highest BCUT2D eigenvalue weighted by Gasteiger charge is 2.38. The number of aromatic nitrogens is 3. The smallest absolute Gasteiger partial charge is 0.490 e. The molecule has 1 fully saturated rings. The lowest BCUT2D eigenvalue weighted by Crippen LogP contribution is -2.30. The molecule has 202 valence electrons. The lowest BCUT2D eigenvalue weighted by molar-refractivity contribution is -0.192. The minimum absolute atomic E-state index is 0.220. The van der Waals surface area contributed by atoms with E-state index < -0.39 is 12.1 Å². The number of phenolic OH excluding ortho intramolecular Hbond substituents is 1. The van der Waals surface area contributed by atoms with Crippen LogP contribution in [0.25, 0.3) is 33.1 Å². The van der Waals surface area contributed by atoms with E-state index in [1.54, 1.807) is 19.2 Å². The molecule has 0 spiro atoms. The van der Waals surface area contributed by atoms with Crippen LogP contribution in [-0.4, -0.2) is 64.3 Å². The number of pyridine rings is 1. The summed E-state index contributed by atoms with van der Waals surface area (Å²) in [6.45, 7) is 4.73. The molecule has 0 aliphatic carbocycles. The molecule has 38 heavy (non-hydrogen) atoms. The van der Waals surface area contributed by atoms with E-state index in [1.165, 1.54) is 0 Å². The summed E-state index contributed by atoms with van der Waals surface area (Å²) in [7, 11) is 1.67. The van der Waals surface area contributed by atoms with Gasteiger partial charge in [0.05, 0.1) is 19.4 Å². The van der Waals surface area contributed by atoms with Gasteiger partial charge in [0.15, 0.2) is 17.1 Å². The first-order chi connectivity index (χ1) is 18.1. The Balaban J connectivity index is 0.000000426. The molecule has 0 atom stereocenters. The Hall–Kier alpha value is -4.06. The van der Waals surface area contributed by atoms with Crippen molar-refractivity contribution < 1.29 is 37.7 Å². The normalized spacial score (nSPS) is 14.2. The number of aliphatic carboxylic acids is 1. The van der Waals surface area contributed by atoms with Gasteiger partial charge in [-0.1, -0.05) is 0 Å². The summed E-state index contributed by atoms with van der Waals surface area (Å²) in [5.74, 6) is -0.582. The van der Waals surface area contributed by atoms with Crippen molar-refractivity contribution in [3.63, 3.8) is 0 Å². The molecule has 12 heteroatoms. The number of piperidine rings is 1. The number of hydrogen-bond acceptors (Lipinski definition) is 7. The number of carboxylic acids is 1. The summed E-state index contributed by atoms with van der Waals surface area (Å²) in [6.07, 6.45) is -2.85. The van der Waals surface area contributed by atoms with Crippen molar-refractivity contribution in [2.24, 2.45) is 5.92 Å². The molecular formula is C26H27F3N4O5. The minimum Gasteiger partial charge on any atom is -0.508 e. The Kier molecular flexibility index (Phi) is 7.91. The number of nitrogens with zero attached hydrogens (tertiary/aromatic N) is 2. The molecule has 0 amide bonds. The third kappa shape index (κ3) is 5.91. The largest absolute Gasteiger partial charge is 0.508 e. The molecule has 1 saturated heterocycles. The average molecular weight is 533 g/mol. The van der Waals surface area contributed by atoms with Gasteiger partial charge in [-0.05, 0) is 75.2 Å². The van der Waals surface area contributed by atoms with Crippen LogP contribution in [0.2, 0.25) is 0 Å². The zero-order chi connectivity index (χ0) is 27.4. The third-order valence-electron chi connectivity index (χ3n) is 6.29. The summed E-state index contributed by atoms with van der Waals surface area (Å²) < 4.78 is 43.7. The standard InChI is InChI=1S/C24H26N4O3.C2HF3O2/c1-14-22-18-11-20(30-2)21(31-13-15-7-9-25-10-8-15)12-19(18)23(26-24(22)28-27-14)16-3-5-17(29)6-4-16;3-2(4,5)1(6)7/h3-6,11-12,15,25,29H,7-10,13H2,1-2H3,(H,26,27,28);(H,6,7). The highest BCUT2D eigenvalue weighted by molar-refractivity contribution is 6.12. The number of phenols is 1. The average Bonchev–Trinajstić information content (AvgIpc) is 3.28. The van der Waals surface area contributed by atoms with E-state index in [-0.39, 0.29) is 5.75 Å². The van der Waals surface area contributed by atoms with Gasteiger partial charge in [-0.25, -0.2) is 9.78 Å². The molecule has 0 bridgehead atoms. The van der Waals surface area contributed by atoms with Crippen LogP contribution >= 0.6 is 0 Å². The second kappa shape index (κ2) is 11.1. The van der Waals surface area contributed by atoms with Gasteiger partial charge in [-0.3, -0.25) is 5.10 Å². The molecule has 0 radical (unpaired) electrons. The van der Waals surface area contributed by atoms with Crippen molar-refractivity contribution in [3.05, 3.63) is 42.1 Å². The zero-order valence-electron chi connectivity index (χ0n) is 20.7. The van der Waals surface area contributed by atoms with Gasteiger partial charge < -0.3 is 25.0 Å². The maximum Gasteiger partial charge on any atom is 0.490 e. The number of fused-ring (bicyclic) bond motifs is 3. The first-order valence-corrected chi connectivity index (χ1v) is 11.9. The number of aromatic amines is 1. The molecule has 2 aromatic carbocycles. The van der Waals surface area contributed by atoms with E-state index in [0.29, 0.717) is 23.9 Å². The molecule has 4 aromatic rings. The number of carbonyl (C=O) groups is 1. The number of benzene rings is 2. The number of aryl methyl sites for hydroxylation is 1. The number of ether oxygens (including phenoxy) is 2. The fraction of sp³-hybridized carbons (Fsp3) is 0.346. The van der Waals surface area contributed by atoms with E-state index in [1.807, 2.05) is 31.2 Å². The SMILES string of the molecule is COc1cc2c(cc1OCC1CCNCC1)c(-c1ccc(O)cc1)nc1n[nH]c(C)c12.O=C(O)C(F)(F)F. The Bertz CT molecular complexity index is 1430. The molecule has 0 saturated carbocycles. The highest BCUT2D eigenvalue weighted by Crippen LogP contribution is 2.40. The van der Waals surface area contributed by atoms with Crippen LogP contribution in [0.4, 0.5) is 13.2 Å². The maximum atomic E-state index is 10.6. The van der Waals surface area contributed by atoms with Gasteiger partial charge in [0.2, 0.25) is 0 Å². The predicted molar refractivity (Wildman–Crippen MR) is 135 cm³/mol. The van der Waals surface area contributed by atoms with Crippen LogP contribution in [0.5, 0.6) is 17.2 Å². The summed E-state index contributed by atoms with van der Waals surface area (Å²) >= 11 is 0.